The van der Waals surface area contributed by atoms with Crippen molar-refractivity contribution in [2.45, 2.75) is 18.7 Å². The Balaban J connectivity index is 1.72. The lowest BCUT2D eigenvalue weighted by Crippen LogP contribution is -2.14. The van der Waals surface area contributed by atoms with E-state index < -0.39 is 10.0 Å². The molecule has 8 heteroatoms. The standard InChI is InChI=1S/C23H23N3O4S/c1-15-9-10-26-14-20(24-23(26)11-15)17-5-7-22(30-4)19(13-17)25-31(27,28)18-6-8-21(29-3)16(2)12-18/h5-14,25H,1-4H3. The summed E-state index contributed by atoms with van der Waals surface area (Å²) in [5.41, 5.74) is 4.50. The fourth-order valence-electron chi connectivity index (χ4n) is 3.39. The van der Waals surface area contributed by atoms with E-state index in [1.165, 1.54) is 13.2 Å². The van der Waals surface area contributed by atoms with Crippen molar-refractivity contribution in [1.29, 1.82) is 0 Å². The minimum Gasteiger partial charge on any atom is -0.496 e. The quantitative estimate of drug-likeness (QED) is 0.482. The monoisotopic (exact) mass is 437 g/mol. The number of pyridine rings is 1. The Bertz CT molecular complexity index is 1380. The van der Waals surface area contributed by atoms with E-state index in [1.807, 2.05) is 41.9 Å². The fraction of sp³-hybridized carbons (Fsp3) is 0.174. The predicted molar refractivity (Wildman–Crippen MR) is 120 cm³/mol. The van der Waals surface area contributed by atoms with E-state index in [-0.39, 0.29) is 4.90 Å². The molecular formula is C23H23N3O4S. The van der Waals surface area contributed by atoms with Crippen molar-refractivity contribution in [3.63, 3.8) is 0 Å². The van der Waals surface area contributed by atoms with Gasteiger partial charge in [-0.2, -0.15) is 0 Å². The Hall–Kier alpha value is -3.52. The highest BCUT2D eigenvalue weighted by molar-refractivity contribution is 7.92. The molecule has 4 rings (SSSR count). The molecule has 0 fully saturated rings. The number of anilines is 1. The molecule has 0 unspecified atom stereocenters. The van der Waals surface area contributed by atoms with E-state index in [0.717, 1.165) is 28.0 Å². The molecule has 2 aromatic heterocycles. The topological polar surface area (TPSA) is 81.9 Å². The summed E-state index contributed by atoms with van der Waals surface area (Å²) < 4.78 is 41.2. The van der Waals surface area contributed by atoms with Gasteiger partial charge in [0.2, 0.25) is 0 Å². The second-order valence-corrected chi connectivity index (χ2v) is 8.93. The number of aryl methyl sites for hydroxylation is 2. The van der Waals surface area contributed by atoms with Gasteiger partial charge in [-0.15, -0.1) is 0 Å². The maximum absolute atomic E-state index is 13.0. The Morgan fingerprint density at radius 1 is 0.935 bits per heavy atom. The number of benzene rings is 2. The van der Waals surface area contributed by atoms with Crippen LogP contribution >= 0.6 is 0 Å². The normalized spacial score (nSPS) is 11.5. The third-order valence-corrected chi connectivity index (χ3v) is 6.40. The molecule has 0 saturated carbocycles. The van der Waals surface area contributed by atoms with Crippen LogP contribution in [0.4, 0.5) is 5.69 Å². The molecule has 0 amide bonds. The van der Waals surface area contributed by atoms with E-state index in [2.05, 4.69) is 9.71 Å². The molecule has 0 bridgehead atoms. The number of ether oxygens (including phenoxy) is 2. The highest BCUT2D eigenvalue weighted by atomic mass is 32.2. The number of rotatable bonds is 6. The van der Waals surface area contributed by atoms with Gasteiger partial charge in [0.15, 0.2) is 0 Å². The third kappa shape index (κ3) is 4.06. The predicted octanol–water partition coefficient (Wildman–Crippen LogP) is 4.44. The van der Waals surface area contributed by atoms with Crippen LogP contribution in [0.15, 0.2) is 65.8 Å². The van der Waals surface area contributed by atoms with Crippen molar-refractivity contribution in [1.82, 2.24) is 9.38 Å². The van der Waals surface area contributed by atoms with Crippen LogP contribution in [0, 0.1) is 13.8 Å². The van der Waals surface area contributed by atoms with Crippen LogP contribution in [0.25, 0.3) is 16.9 Å². The maximum Gasteiger partial charge on any atom is 0.262 e. The molecular weight excluding hydrogens is 414 g/mol. The van der Waals surface area contributed by atoms with E-state index in [1.54, 1.807) is 38.3 Å². The van der Waals surface area contributed by atoms with Gasteiger partial charge in [-0.05, 0) is 73.5 Å². The number of hydrogen-bond donors (Lipinski definition) is 1. The van der Waals surface area contributed by atoms with E-state index in [0.29, 0.717) is 17.2 Å². The molecule has 2 heterocycles. The Kier molecular flexibility index (Phi) is 5.32. The van der Waals surface area contributed by atoms with Crippen LogP contribution in [0.3, 0.4) is 0 Å². The van der Waals surface area contributed by atoms with Gasteiger partial charge in [0.25, 0.3) is 10.0 Å². The number of nitrogens with one attached hydrogen (secondary N) is 1. The zero-order valence-electron chi connectivity index (χ0n) is 17.7. The number of methoxy groups -OCH3 is 2. The maximum atomic E-state index is 13.0. The minimum absolute atomic E-state index is 0.140. The van der Waals surface area contributed by atoms with Crippen molar-refractivity contribution < 1.29 is 17.9 Å². The zero-order valence-corrected chi connectivity index (χ0v) is 18.5. The number of nitrogens with zero attached hydrogens (tertiary/aromatic N) is 2. The molecule has 0 aliphatic rings. The summed E-state index contributed by atoms with van der Waals surface area (Å²) in [7, 11) is -0.788. The largest absolute Gasteiger partial charge is 0.496 e. The third-order valence-electron chi connectivity index (χ3n) is 5.03. The summed E-state index contributed by atoms with van der Waals surface area (Å²) in [6.45, 7) is 3.81. The number of hydrogen-bond acceptors (Lipinski definition) is 5. The first-order valence-corrected chi connectivity index (χ1v) is 11.1. The molecule has 0 aliphatic carbocycles. The number of imidazole rings is 1. The SMILES string of the molecule is COc1ccc(S(=O)(=O)Nc2cc(-c3cn4ccc(C)cc4n3)ccc2OC)cc1C. The van der Waals surface area contributed by atoms with Crippen LogP contribution in [0.2, 0.25) is 0 Å². The Morgan fingerprint density at radius 3 is 2.39 bits per heavy atom. The van der Waals surface area contributed by atoms with Crippen LogP contribution < -0.4 is 14.2 Å². The van der Waals surface area contributed by atoms with Crippen molar-refractivity contribution in [2.24, 2.45) is 0 Å². The molecule has 1 N–H and O–H groups in total. The smallest absolute Gasteiger partial charge is 0.262 e. The summed E-state index contributed by atoms with van der Waals surface area (Å²) in [4.78, 5) is 4.80. The summed E-state index contributed by atoms with van der Waals surface area (Å²) >= 11 is 0. The van der Waals surface area contributed by atoms with Gasteiger partial charge < -0.3 is 13.9 Å². The molecule has 31 heavy (non-hydrogen) atoms. The average molecular weight is 438 g/mol. The molecule has 0 spiro atoms. The Morgan fingerprint density at radius 2 is 1.68 bits per heavy atom. The Labute approximate surface area is 181 Å². The molecule has 0 aliphatic heterocycles. The van der Waals surface area contributed by atoms with Gasteiger partial charge >= 0.3 is 0 Å². The van der Waals surface area contributed by atoms with Crippen LogP contribution in [-0.2, 0) is 10.0 Å². The molecule has 0 atom stereocenters. The van der Waals surface area contributed by atoms with Gasteiger partial charge in [0.1, 0.15) is 17.1 Å². The second kappa shape index (κ2) is 7.96. The van der Waals surface area contributed by atoms with Crippen molar-refractivity contribution in [2.75, 3.05) is 18.9 Å². The summed E-state index contributed by atoms with van der Waals surface area (Å²) in [6, 6.07) is 14.0. The van der Waals surface area contributed by atoms with Gasteiger partial charge in [-0.1, -0.05) is 0 Å². The number of sulfonamides is 1. The minimum atomic E-state index is -3.83. The van der Waals surface area contributed by atoms with Gasteiger partial charge in [0, 0.05) is 18.0 Å². The lowest BCUT2D eigenvalue weighted by Gasteiger charge is -2.14. The zero-order chi connectivity index (χ0) is 22.2. The first-order chi connectivity index (χ1) is 14.8. The summed E-state index contributed by atoms with van der Waals surface area (Å²) in [5, 5.41) is 0. The molecule has 2 aromatic carbocycles. The summed E-state index contributed by atoms with van der Waals surface area (Å²) in [6.07, 6.45) is 3.85. The summed E-state index contributed by atoms with van der Waals surface area (Å²) in [5.74, 6) is 1.04. The number of fused-ring (bicyclic) bond motifs is 1. The molecule has 0 saturated heterocycles. The first-order valence-electron chi connectivity index (χ1n) is 9.62. The second-order valence-electron chi connectivity index (χ2n) is 7.25. The lowest BCUT2D eigenvalue weighted by molar-refractivity contribution is 0.411. The van der Waals surface area contributed by atoms with Gasteiger partial charge in [-0.25, -0.2) is 13.4 Å². The van der Waals surface area contributed by atoms with Crippen molar-refractivity contribution in [3.8, 4) is 22.8 Å². The highest BCUT2D eigenvalue weighted by Gasteiger charge is 2.19. The van der Waals surface area contributed by atoms with Crippen molar-refractivity contribution >= 4 is 21.4 Å². The fourth-order valence-corrected chi connectivity index (χ4v) is 4.54. The molecule has 160 valence electrons. The molecule has 0 radical (unpaired) electrons. The number of aromatic nitrogens is 2. The van der Waals surface area contributed by atoms with E-state index in [9.17, 15) is 8.42 Å². The van der Waals surface area contributed by atoms with Crippen LogP contribution in [-0.4, -0.2) is 32.0 Å². The first kappa shape index (κ1) is 20.7. The van der Waals surface area contributed by atoms with Crippen molar-refractivity contribution in [3.05, 3.63) is 72.1 Å². The van der Waals surface area contributed by atoms with Crippen LogP contribution in [0.1, 0.15) is 11.1 Å². The lowest BCUT2D eigenvalue weighted by atomic mass is 10.1. The van der Waals surface area contributed by atoms with E-state index >= 15 is 0 Å². The van der Waals surface area contributed by atoms with Gasteiger partial charge in [0.05, 0.1) is 30.5 Å². The van der Waals surface area contributed by atoms with Crippen LogP contribution in [0.5, 0.6) is 11.5 Å². The van der Waals surface area contributed by atoms with E-state index in [4.69, 9.17) is 9.47 Å². The average Bonchev–Trinajstić information content (AvgIpc) is 3.16. The van der Waals surface area contributed by atoms with Gasteiger partial charge in [-0.3, -0.25) is 4.72 Å². The highest BCUT2D eigenvalue weighted by Crippen LogP contribution is 2.32. The molecule has 7 nitrogen and oxygen atoms in total. The molecule has 4 aromatic rings.